The number of anilines is 1. The van der Waals surface area contributed by atoms with Crippen LogP contribution in [-0.2, 0) is 6.42 Å². The summed E-state index contributed by atoms with van der Waals surface area (Å²) >= 11 is 12.3. The van der Waals surface area contributed by atoms with Crippen molar-refractivity contribution in [3.8, 4) is 17.3 Å². The van der Waals surface area contributed by atoms with Gasteiger partial charge in [0, 0.05) is 28.2 Å². The van der Waals surface area contributed by atoms with Crippen LogP contribution in [0, 0.1) is 0 Å². The summed E-state index contributed by atoms with van der Waals surface area (Å²) in [5.74, 6) is 1.39. The Morgan fingerprint density at radius 2 is 1.82 bits per heavy atom. The lowest BCUT2D eigenvalue weighted by molar-refractivity contribution is 0.137. The normalized spacial score (nSPS) is 13.1. The third kappa shape index (κ3) is 7.50. The Bertz CT molecular complexity index is 1120. The topological polar surface area (TPSA) is 105 Å². The fraction of sp³-hybridized carbons (Fsp3) is 0.320. The predicted molar refractivity (Wildman–Crippen MR) is 135 cm³/mol. The summed E-state index contributed by atoms with van der Waals surface area (Å²) in [4.78, 5) is 17.6. The Labute approximate surface area is 208 Å². The monoisotopic (exact) mass is 503 g/mol. The Balaban J connectivity index is 0.000000751. The van der Waals surface area contributed by atoms with Gasteiger partial charge in [0.15, 0.2) is 0 Å². The molecule has 0 radical (unpaired) electrons. The Kier molecular flexibility index (Phi) is 9.36. The van der Waals surface area contributed by atoms with Crippen LogP contribution in [0.25, 0.3) is 11.3 Å². The number of hydrogen-bond donors (Lipinski definition) is 3. The molecule has 3 N–H and O–H groups in total. The molecule has 0 spiro atoms. The summed E-state index contributed by atoms with van der Waals surface area (Å²) in [6, 6.07) is 16.6. The fourth-order valence-corrected chi connectivity index (χ4v) is 4.52. The first-order chi connectivity index (χ1) is 16.4. The van der Waals surface area contributed by atoms with E-state index in [1.807, 2.05) is 18.2 Å². The van der Waals surface area contributed by atoms with Crippen LogP contribution in [0.2, 0.25) is 10.0 Å². The minimum Gasteiger partial charge on any atom is -0.467 e. The molecule has 0 atom stereocenters. The molecule has 7 nitrogen and oxygen atoms in total. The first kappa shape index (κ1) is 25.6. The number of carboxylic acid groups (broad SMARTS) is 2. The third-order valence-corrected chi connectivity index (χ3v) is 6.20. The van der Waals surface area contributed by atoms with Crippen molar-refractivity contribution in [3.63, 3.8) is 0 Å². The maximum Gasteiger partial charge on any atom is 0.503 e. The Morgan fingerprint density at radius 1 is 1.09 bits per heavy atom. The van der Waals surface area contributed by atoms with E-state index in [1.54, 1.807) is 13.2 Å². The largest absolute Gasteiger partial charge is 0.503 e. The highest BCUT2D eigenvalue weighted by Crippen LogP contribution is 2.35. The molecule has 0 unspecified atom stereocenters. The average Bonchev–Trinajstić information content (AvgIpc) is 3.35. The molecular weight excluding hydrogens is 477 g/mol. The van der Waals surface area contributed by atoms with Crippen LogP contribution in [0.5, 0.6) is 6.01 Å². The molecule has 1 heterocycles. The minimum absolute atomic E-state index is 0.353. The highest BCUT2D eigenvalue weighted by Gasteiger charge is 2.18. The lowest BCUT2D eigenvalue weighted by Crippen LogP contribution is -2.08. The first-order valence-corrected chi connectivity index (χ1v) is 11.7. The summed E-state index contributed by atoms with van der Waals surface area (Å²) in [5.41, 5.74) is 4.38. The van der Waals surface area contributed by atoms with Gasteiger partial charge < -0.3 is 20.3 Å². The molecule has 0 amide bonds. The van der Waals surface area contributed by atoms with Crippen molar-refractivity contribution in [3.05, 3.63) is 69.7 Å². The molecule has 1 aromatic heterocycles. The maximum absolute atomic E-state index is 8.56. The number of carbonyl (C=O) groups is 1. The van der Waals surface area contributed by atoms with Gasteiger partial charge in [-0.15, -0.1) is 0 Å². The van der Waals surface area contributed by atoms with Crippen molar-refractivity contribution in [2.75, 3.05) is 19.0 Å². The van der Waals surface area contributed by atoms with Crippen LogP contribution in [0.3, 0.4) is 0 Å². The smallest absolute Gasteiger partial charge is 0.467 e. The maximum atomic E-state index is 8.56. The molecular formula is C25H27Cl2N3O4. The SMILES string of the molecule is COc1nc(NCCc2ccc(Cl)cc2Cl)cc(-c2cccc(C3CCCC3)c2)n1.O=C(O)O. The summed E-state index contributed by atoms with van der Waals surface area (Å²) < 4.78 is 5.35. The van der Waals surface area contributed by atoms with Gasteiger partial charge >= 0.3 is 12.2 Å². The molecule has 34 heavy (non-hydrogen) atoms. The first-order valence-electron chi connectivity index (χ1n) is 11.0. The summed E-state index contributed by atoms with van der Waals surface area (Å²) in [6.45, 7) is 0.684. The van der Waals surface area contributed by atoms with E-state index in [0.29, 0.717) is 28.5 Å². The van der Waals surface area contributed by atoms with Gasteiger partial charge in [-0.1, -0.05) is 60.3 Å². The fourth-order valence-electron chi connectivity index (χ4n) is 4.02. The summed E-state index contributed by atoms with van der Waals surface area (Å²) in [5, 5.41) is 18.6. The van der Waals surface area contributed by atoms with E-state index in [9.17, 15) is 0 Å². The molecule has 1 aliphatic rings. The van der Waals surface area contributed by atoms with E-state index in [2.05, 4.69) is 39.6 Å². The van der Waals surface area contributed by atoms with E-state index in [0.717, 1.165) is 29.1 Å². The number of aromatic nitrogens is 2. The molecule has 3 aromatic rings. The van der Waals surface area contributed by atoms with Gasteiger partial charge in [0.25, 0.3) is 0 Å². The van der Waals surface area contributed by atoms with Crippen molar-refractivity contribution < 1.29 is 19.7 Å². The average molecular weight is 504 g/mol. The minimum atomic E-state index is -1.83. The summed E-state index contributed by atoms with van der Waals surface area (Å²) in [6.07, 6.45) is 4.12. The molecule has 1 aliphatic carbocycles. The number of rotatable bonds is 7. The van der Waals surface area contributed by atoms with Gasteiger partial charge in [0.05, 0.1) is 12.8 Å². The molecule has 1 saturated carbocycles. The van der Waals surface area contributed by atoms with Crippen molar-refractivity contribution in [2.45, 2.75) is 38.0 Å². The van der Waals surface area contributed by atoms with E-state index >= 15 is 0 Å². The highest BCUT2D eigenvalue weighted by molar-refractivity contribution is 6.35. The zero-order valence-corrected chi connectivity index (χ0v) is 20.3. The van der Waals surface area contributed by atoms with Crippen LogP contribution in [-0.4, -0.2) is 40.0 Å². The molecule has 9 heteroatoms. The molecule has 4 rings (SSSR count). The van der Waals surface area contributed by atoms with Gasteiger partial charge in [-0.2, -0.15) is 9.97 Å². The number of methoxy groups -OCH3 is 1. The van der Waals surface area contributed by atoms with E-state index < -0.39 is 6.16 Å². The number of nitrogens with zero attached hydrogens (tertiary/aromatic N) is 2. The lowest BCUT2D eigenvalue weighted by Gasteiger charge is -2.13. The molecule has 2 aromatic carbocycles. The number of nitrogens with one attached hydrogen (secondary N) is 1. The van der Waals surface area contributed by atoms with Crippen molar-refractivity contribution in [1.29, 1.82) is 0 Å². The number of hydrogen-bond acceptors (Lipinski definition) is 5. The quantitative estimate of drug-likeness (QED) is 0.318. The standard InChI is InChI=1S/C24H25Cl2N3O.CH2O3/c1-30-24-28-22(19-8-4-7-18(13-19)16-5-2-3-6-16)15-23(29-24)27-12-11-17-9-10-20(25)14-21(17)26;2-1(3)4/h4,7-10,13-16H,2-3,5-6,11-12H2,1H3,(H,27,28,29);(H2,2,3,4). The van der Waals surface area contributed by atoms with Crippen molar-refractivity contribution in [1.82, 2.24) is 9.97 Å². The predicted octanol–water partition coefficient (Wildman–Crippen LogP) is 6.99. The van der Waals surface area contributed by atoms with Gasteiger partial charge in [-0.05, 0) is 54.5 Å². The highest BCUT2D eigenvalue weighted by atomic mass is 35.5. The second kappa shape index (κ2) is 12.4. The van der Waals surface area contributed by atoms with Gasteiger partial charge in [0.1, 0.15) is 5.82 Å². The molecule has 1 fully saturated rings. The van der Waals surface area contributed by atoms with Gasteiger partial charge in [0.2, 0.25) is 0 Å². The number of halogens is 2. The van der Waals surface area contributed by atoms with Crippen LogP contribution in [0.4, 0.5) is 10.6 Å². The molecule has 0 aliphatic heterocycles. The van der Waals surface area contributed by atoms with Gasteiger partial charge in [-0.3, -0.25) is 0 Å². The van der Waals surface area contributed by atoms with Crippen molar-refractivity contribution >= 4 is 35.2 Å². The molecule has 180 valence electrons. The van der Waals surface area contributed by atoms with Crippen molar-refractivity contribution in [2.24, 2.45) is 0 Å². The summed E-state index contributed by atoms with van der Waals surface area (Å²) in [7, 11) is 1.59. The number of benzene rings is 2. The van der Waals surface area contributed by atoms with Crippen LogP contribution in [0.15, 0.2) is 48.5 Å². The zero-order valence-electron chi connectivity index (χ0n) is 18.8. The van der Waals surface area contributed by atoms with Crippen LogP contribution < -0.4 is 10.1 Å². The Hall–Kier alpha value is -3.03. The van der Waals surface area contributed by atoms with Crippen LogP contribution in [0.1, 0.15) is 42.7 Å². The molecule has 0 bridgehead atoms. The number of ether oxygens (including phenoxy) is 1. The zero-order chi connectivity index (χ0) is 24.5. The van der Waals surface area contributed by atoms with Gasteiger partial charge in [-0.25, -0.2) is 4.79 Å². The lowest BCUT2D eigenvalue weighted by atomic mass is 9.95. The van der Waals surface area contributed by atoms with Crippen LogP contribution >= 0.6 is 23.2 Å². The Morgan fingerprint density at radius 3 is 2.50 bits per heavy atom. The second-order valence-electron chi connectivity index (χ2n) is 7.93. The molecule has 0 saturated heterocycles. The van der Waals surface area contributed by atoms with E-state index in [1.165, 1.54) is 31.2 Å². The van der Waals surface area contributed by atoms with E-state index in [-0.39, 0.29) is 0 Å². The third-order valence-electron chi connectivity index (χ3n) is 5.61. The second-order valence-corrected chi connectivity index (χ2v) is 8.77. The van der Waals surface area contributed by atoms with E-state index in [4.69, 9.17) is 42.9 Å².